The van der Waals surface area contributed by atoms with Crippen molar-refractivity contribution in [2.45, 2.75) is 25.9 Å². The summed E-state index contributed by atoms with van der Waals surface area (Å²) in [5.74, 6) is -0.325. The third kappa shape index (κ3) is 3.55. The molecule has 0 aliphatic heterocycles. The second-order valence-electron chi connectivity index (χ2n) is 3.77. The van der Waals surface area contributed by atoms with E-state index in [0.29, 0.717) is 5.75 Å². The van der Waals surface area contributed by atoms with Gasteiger partial charge >= 0.3 is 5.97 Å². The number of aliphatic hydroxyl groups excluding tert-OH is 1. The standard InChI is InChI=1S/C12H16O4/c1-8-3-4-11(16-2)9(5-8)6-10(13)7-12(14)15/h3-5,10,13H,6-7H2,1-2H3,(H,14,15). The van der Waals surface area contributed by atoms with Crippen molar-refractivity contribution in [2.24, 2.45) is 0 Å². The molecule has 0 aromatic heterocycles. The SMILES string of the molecule is COc1ccc(C)cc1CC(O)CC(=O)O. The van der Waals surface area contributed by atoms with Gasteiger partial charge in [0.25, 0.3) is 0 Å². The maximum atomic E-state index is 10.4. The topological polar surface area (TPSA) is 66.8 Å². The highest BCUT2D eigenvalue weighted by molar-refractivity contribution is 5.67. The molecule has 1 atom stereocenters. The second kappa shape index (κ2) is 5.51. The maximum Gasteiger partial charge on any atom is 0.305 e. The van der Waals surface area contributed by atoms with E-state index in [1.165, 1.54) is 0 Å². The molecule has 0 amide bonds. The predicted octanol–water partition coefficient (Wildman–Crippen LogP) is 1.38. The first-order valence-electron chi connectivity index (χ1n) is 5.06. The Labute approximate surface area is 94.5 Å². The zero-order valence-corrected chi connectivity index (χ0v) is 9.43. The summed E-state index contributed by atoms with van der Waals surface area (Å²) in [5.41, 5.74) is 1.88. The number of benzene rings is 1. The first-order chi connectivity index (χ1) is 7.52. The van der Waals surface area contributed by atoms with Crippen LogP contribution in [0.2, 0.25) is 0 Å². The number of aliphatic hydroxyl groups is 1. The molecular weight excluding hydrogens is 208 g/mol. The second-order valence-corrected chi connectivity index (χ2v) is 3.77. The first kappa shape index (κ1) is 12.5. The Balaban J connectivity index is 2.78. The van der Waals surface area contributed by atoms with Crippen molar-refractivity contribution >= 4 is 5.97 Å². The number of carbonyl (C=O) groups is 1. The van der Waals surface area contributed by atoms with E-state index in [1.54, 1.807) is 7.11 Å². The van der Waals surface area contributed by atoms with Gasteiger partial charge in [-0.25, -0.2) is 0 Å². The van der Waals surface area contributed by atoms with Crippen LogP contribution in [0.1, 0.15) is 17.5 Å². The lowest BCUT2D eigenvalue weighted by molar-refractivity contribution is -0.139. The van der Waals surface area contributed by atoms with Gasteiger partial charge in [-0.05, 0) is 18.6 Å². The molecule has 16 heavy (non-hydrogen) atoms. The number of hydrogen-bond donors (Lipinski definition) is 2. The van der Waals surface area contributed by atoms with E-state index in [1.807, 2.05) is 25.1 Å². The number of ether oxygens (including phenoxy) is 1. The van der Waals surface area contributed by atoms with Gasteiger partial charge in [0.05, 0.1) is 19.6 Å². The van der Waals surface area contributed by atoms with Crippen LogP contribution in [-0.4, -0.2) is 29.4 Å². The smallest absolute Gasteiger partial charge is 0.305 e. The van der Waals surface area contributed by atoms with Gasteiger partial charge in [0.1, 0.15) is 5.75 Å². The molecule has 0 radical (unpaired) electrons. The molecule has 1 aromatic rings. The number of carboxylic acid groups (broad SMARTS) is 1. The first-order valence-corrected chi connectivity index (χ1v) is 5.06. The zero-order valence-electron chi connectivity index (χ0n) is 9.43. The molecule has 0 aliphatic carbocycles. The molecule has 4 heteroatoms. The largest absolute Gasteiger partial charge is 0.496 e. The molecule has 0 saturated heterocycles. The number of rotatable bonds is 5. The van der Waals surface area contributed by atoms with Crippen LogP contribution in [0.3, 0.4) is 0 Å². The number of methoxy groups -OCH3 is 1. The molecule has 2 N–H and O–H groups in total. The summed E-state index contributed by atoms with van der Waals surface area (Å²) in [6, 6.07) is 5.62. The fourth-order valence-corrected chi connectivity index (χ4v) is 1.59. The van der Waals surface area contributed by atoms with Gasteiger partial charge in [0.15, 0.2) is 0 Å². The maximum absolute atomic E-state index is 10.4. The fraction of sp³-hybridized carbons (Fsp3) is 0.417. The molecule has 1 unspecified atom stereocenters. The highest BCUT2D eigenvalue weighted by Crippen LogP contribution is 2.21. The fourth-order valence-electron chi connectivity index (χ4n) is 1.59. The van der Waals surface area contributed by atoms with Gasteiger partial charge < -0.3 is 14.9 Å². The highest BCUT2D eigenvalue weighted by Gasteiger charge is 2.13. The minimum absolute atomic E-state index is 0.253. The van der Waals surface area contributed by atoms with E-state index in [9.17, 15) is 9.90 Å². The van der Waals surface area contributed by atoms with Crippen molar-refractivity contribution in [3.8, 4) is 5.75 Å². The van der Waals surface area contributed by atoms with Crippen LogP contribution in [0.25, 0.3) is 0 Å². The summed E-state index contributed by atoms with van der Waals surface area (Å²) in [6.45, 7) is 1.94. The van der Waals surface area contributed by atoms with Gasteiger partial charge in [-0.3, -0.25) is 4.79 Å². The van der Waals surface area contributed by atoms with Crippen molar-refractivity contribution in [3.05, 3.63) is 29.3 Å². The minimum Gasteiger partial charge on any atom is -0.496 e. The van der Waals surface area contributed by atoms with Gasteiger partial charge in [0.2, 0.25) is 0 Å². The van der Waals surface area contributed by atoms with Crippen LogP contribution >= 0.6 is 0 Å². The summed E-state index contributed by atoms with van der Waals surface area (Å²) in [5, 5.41) is 18.1. The van der Waals surface area contributed by atoms with Crippen LogP contribution in [0.5, 0.6) is 5.75 Å². The summed E-state index contributed by atoms with van der Waals surface area (Å²) < 4.78 is 5.15. The molecule has 1 aromatic carbocycles. The third-order valence-electron chi connectivity index (χ3n) is 2.30. The minimum atomic E-state index is -1.00. The van der Waals surface area contributed by atoms with Crippen molar-refractivity contribution in [2.75, 3.05) is 7.11 Å². The van der Waals surface area contributed by atoms with Gasteiger partial charge in [-0.1, -0.05) is 17.7 Å². The molecule has 0 bridgehead atoms. The monoisotopic (exact) mass is 224 g/mol. The van der Waals surface area contributed by atoms with Crippen LogP contribution in [0.15, 0.2) is 18.2 Å². The lowest BCUT2D eigenvalue weighted by Gasteiger charge is -2.12. The van der Waals surface area contributed by atoms with Crippen molar-refractivity contribution < 1.29 is 19.7 Å². The molecule has 0 spiro atoms. The van der Waals surface area contributed by atoms with Gasteiger partial charge in [0, 0.05) is 6.42 Å². The van der Waals surface area contributed by atoms with E-state index in [0.717, 1.165) is 11.1 Å². The van der Waals surface area contributed by atoms with Gasteiger partial charge in [-0.15, -0.1) is 0 Å². The Kier molecular flexibility index (Phi) is 4.31. The molecule has 0 aliphatic rings. The zero-order chi connectivity index (χ0) is 12.1. The summed E-state index contributed by atoms with van der Waals surface area (Å²) in [6.07, 6.45) is -0.845. The normalized spacial score (nSPS) is 12.2. The van der Waals surface area contributed by atoms with E-state index in [-0.39, 0.29) is 12.8 Å². The lowest BCUT2D eigenvalue weighted by atomic mass is 10.0. The van der Waals surface area contributed by atoms with Crippen LogP contribution < -0.4 is 4.74 Å². The Bertz CT molecular complexity index is 373. The van der Waals surface area contributed by atoms with Crippen LogP contribution in [0.4, 0.5) is 0 Å². The van der Waals surface area contributed by atoms with Crippen molar-refractivity contribution in [1.29, 1.82) is 0 Å². The molecule has 1 rings (SSSR count). The average molecular weight is 224 g/mol. The van der Waals surface area contributed by atoms with Gasteiger partial charge in [-0.2, -0.15) is 0 Å². The number of hydrogen-bond acceptors (Lipinski definition) is 3. The van der Waals surface area contributed by atoms with Crippen LogP contribution in [0, 0.1) is 6.92 Å². The van der Waals surface area contributed by atoms with Crippen molar-refractivity contribution in [1.82, 2.24) is 0 Å². The molecule has 0 fully saturated rings. The molecule has 4 nitrogen and oxygen atoms in total. The number of aryl methyl sites for hydroxylation is 1. The van der Waals surface area contributed by atoms with E-state index in [2.05, 4.69) is 0 Å². The summed E-state index contributed by atoms with van der Waals surface area (Å²) in [4.78, 5) is 10.4. The molecule has 0 heterocycles. The van der Waals surface area contributed by atoms with E-state index in [4.69, 9.17) is 9.84 Å². The number of carboxylic acids is 1. The average Bonchev–Trinajstić information content (AvgIpc) is 2.16. The van der Waals surface area contributed by atoms with E-state index < -0.39 is 12.1 Å². The predicted molar refractivity (Wildman–Crippen MR) is 59.7 cm³/mol. The Morgan fingerprint density at radius 3 is 2.75 bits per heavy atom. The molecule has 88 valence electrons. The summed E-state index contributed by atoms with van der Waals surface area (Å²) >= 11 is 0. The Morgan fingerprint density at radius 2 is 2.19 bits per heavy atom. The Morgan fingerprint density at radius 1 is 1.50 bits per heavy atom. The number of aliphatic carboxylic acids is 1. The highest BCUT2D eigenvalue weighted by atomic mass is 16.5. The van der Waals surface area contributed by atoms with Crippen LogP contribution in [-0.2, 0) is 11.2 Å². The molecular formula is C12H16O4. The van der Waals surface area contributed by atoms with E-state index >= 15 is 0 Å². The lowest BCUT2D eigenvalue weighted by Crippen LogP contribution is -2.16. The molecule has 0 saturated carbocycles. The summed E-state index contributed by atoms with van der Waals surface area (Å²) in [7, 11) is 1.55. The van der Waals surface area contributed by atoms with Crippen molar-refractivity contribution in [3.63, 3.8) is 0 Å². The Hall–Kier alpha value is -1.55. The quantitative estimate of drug-likeness (QED) is 0.793. The third-order valence-corrected chi connectivity index (χ3v) is 2.30.